The molecule has 0 aliphatic carbocycles. The molecule has 4 aromatic heterocycles. The quantitative estimate of drug-likeness (QED) is 0.315. The summed E-state index contributed by atoms with van der Waals surface area (Å²) in [6.07, 6.45) is 1.77. The number of nitrogens with one attached hydrogen (secondary N) is 2. The second-order valence-corrected chi connectivity index (χ2v) is 9.93. The van der Waals surface area contributed by atoms with Crippen molar-refractivity contribution < 1.29 is 0 Å². The molecule has 0 bridgehead atoms. The zero-order valence-electron chi connectivity index (χ0n) is 14.3. The van der Waals surface area contributed by atoms with E-state index >= 15 is 0 Å². The molecule has 4 aromatic rings. The fraction of sp³-hybridized carbons (Fsp3) is 0.176. The van der Waals surface area contributed by atoms with Crippen molar-refractivity contribution in [2.75, 3.05) is 11.9 Å². The van der Waals surface area contributed by atoms with Crippen LogP contribution in [0.5, 0.6) is 0 Å². The highest BCUT2D eigenvalue weighted by Crippen LogP contribution is 2.38. The Kier molecular flexibility index (Phi) is 5.39. The standard InChI is InChI=1S/C17H15N5OS4/c1-3-6-18-16-21-22-17(27-16)26-9(2)13-19-14(23)12-10(8-25-15(12)20-13)11-5-4-7-24-11/h3-5,7-9H,1,6H2,2H3,(H,18,21)(H,19,20,23). The second-order valence-electron chi connectivity index (χ2n) is 5.56. The van der Waals surface area contributed by atoms with Crippen LogP contribution in [0.3, 0.4) is 0 Å². The molecule has 27 heavy (non-hydrogen) atoms. The lowest BCUT2D eigenvalue weighted by molar-refractivity contribution is 0.919. The van der Waals surface area contributed by atoms with Crippen LogP contribution in [0.25, 0.3) is 20.7 Å². The number of H-pyrrole nitrogens is 1. The molecule has 0 saturated heterocycles. The molecule has 0 aliphatic rings. The molecule has 0 spiro atoms. The van der Waals surface area contributed by atoms with Crippen molar-refractivity contribution >= 4 is 61.1 Å². The van der Waals surface area contributed by atoms with Gasteiger partial charge < -0.3 is 10.3 Å². The van der Waals surface area contributed by atoms with Gasteiger partial charge in [-0.1, -0.05) is 35.2 Å². The van der Waals surface area contributed by atoms with Crippen molar-refractivity contribution in [3.63, 3.8) is 0 Å². The van der Waals surface area contributed by atoms with Crippen LogP contribution in [0.1, 0.15) is 18.0 Å². The molecule has 138 valence electrons. The maximum absolute atomic E-state index is 12.7. The number of nitrogens with zero attached hydrogens (tertiary/aromatic N) is 3. The van der Waals surface area contributed by atoms with Gasteiger partial charge in [0.1, 0.15) is 10.7 Å². The lowest BCUT2D eigenvalue weighted by atomic mass is 10.2. The van der Waals surface area contributed by atoms with Gasteiger partial charge in [0.05, 0.1) is 10.6 Å². The number of rotatable bonds is 7. The second kappa shape index (κ2) is 7.93. The highest BCUT2D eigenvalue weighted by molar-refractivity contribution is 8.01. The zero-order chi connectivity index (χ0) is 18.8. The van der Waals surface area contributed by atoms with E-state index in [1.807, 2.05) is 29.8 Å². The Hall–Kier alpha value is -2.01. The molecule has 0 aliphatic heterocycles. The van der Waals surface area contributed by atoms with Crippen molar-refractivity contribution in [1.82, 2.24) is 20.2 Å². The van der Waals surface area contributed by atoms with E-state index in [1.54, 1.807) is 17.4 Å². The summed E-state index contributed by atoms with van der Waals surface area (Å²) >= 11 is 6.12. The molecular weight excluding hydrogens is 418 g/mol. The van der Waals surface area contributed by atoms with E-state index in [0.29, 0.717) is 17.8 Å². The van der Waals surface area contributed by atoms with Crippen molar-refractivity contribution in [3.05, 3.63) is 51.7 Å². The van der Waals surface area contributed by atoms with E-state index in [2.05, 4.69) is 27.1 Å². The van der Waals surface area contributed by atoms with Crippen LogP contribution in [-0.2, 0) is 0 Å². The number of hydrogen-bond acceptors (Lipinski definition) is 9. The van der Waals surface area contributed by atoms with Crippen LogP contribution in [0.15, 0.2) is 44.7 Å². The molecule has 1 unspecified atom stereocenters. The maximum atomic E-state index is 12.7. The number of hydrogen-bond donors (Lipinski definition) is 2. The van der Waals surface area contributed by atoms with Gasteiger partial charge in [-0.05, 0) is 18.4 Å². The maximum Gasteiger partial charge on any atom is 0.260 e. The largest absolute Gasteiger partial charge is 0.357 e. The first-order valence-electron chi connectivity index (χ1n) is 8.06. The van der Waals surface area contributed by atoms with Crippen LogP contribution in [0.4, 0.5) is 5.13 Å². The fourth-order valence-electron chi connectivity index (χ4n) is 2.47. The summed E-state index contributed by atoms with van der Waals surface area (Å²) in [5.41, 5.74) is 0.852. The number of thioether (sulfide) groups is 1. The van der Waals surface area contributed by atoms with E-state index in [4.69, 9.17) is 4.98 Å². The van der Waals surface area contributed by atoms with Crippen LogP contribution < -0.4 is 10.9 Å². The summed E-state index contributed by atoms with van der Waals surface area (Å²) in [7, 11) is 0. The topological polar surface area (TPSA) is 83.6 Å². The first-order chi connectivity index (χ1) is 13.2. The van der Waals surface area contributed by atoms with Gasteiger partial charge in [-0.3, -0.25) is 4.79 Å². The summed E-state index contributed by atoms with van der Waals surface area (Å²) in [6.45, 7) is 6.31. The van der Waals surface area contributed by atoms with E-state index in [-0.39, 0.29) is 10.8 Å². The molecule has 0 amide bonds. The Bertz CT molecular complexity index is 1130. The molecule has 4 rings (SSSR count). The fourth-order valence-corrected chi connectivity index (χ4v) is 6.20. The third-order valence-corrected chi connectivity index (χ3v) is 7.57. The summed E-state index contributed by atoms with van der Waals surface area (Å²) in [4.78, 5) is 22.2. The Morgan fingerprint density at radius 3 is 3.07 bits per heavy atom. The van der Waals surface area contributed by atoms with Crippen molar-refractivity contribution in [1.29, 1.82) is 0 Å². The Balaban J connectivity index is 1.59. The Morgan fingerprint density at radius 1 is 1.41 bits per heavy atom. The van der Waals surface area contributed by atoms with Gasteiger partial charge in [0.15, 0.2) is 4.34 Å². The minimum Gasteiger partial charge on any atom is -0.357 e. The number of anilines is 1. The average molecular weight is 434 g/mol. The summed E-state index contributed by atoms with van der Waals surface area (Å²) < 4.78 is 0.822. The van der Waals surface area contributed by atoms with Crippen molar-refractivity contribution in [2.45, 2.75) is 16.5 Å². The zero-order valence-corrected chi connectivity index (χ0v) is 17.5. The Labute approximate surface area is 171 Å². The summed E-state index contributed by atoms with van der Waals surface area (Å²) in [5.74, 6) is 0.646. The van der Waals surface area contributed by atoms with Gasteiger partial charge in [-0.25, -0.2) is 4.98 Å². The molecule has 10 heteroatoms. The van der Waals surface area contributed by atoms with Crippen LogP contribution in [0, 0.1) is 0 Å². The Morgan fingerprint density at radius 2 is 2.30 bits per heavy atom. The molecule has 4 heterocycles. The van der Waals surface area contributed by atoms with Gasteiger partial charge in [-0.2, -0.15) is 0 Å². The SMILES string of the molecule is C=CCNc1nnc(SC(C)c2nc3scc(-c4cccs4)c3c(=O)[nH]2)s1. The van der Waals surface area contributed by atoms with Crippen LogP contribution >= 0.6 is 45.8 Å². The van der Waals surface area contributed by atoms with Crippen LogP contribution in [0.2, 0.25) is 0 Å². The predicted molar refractivity (Wildman–Crippen MR) is 116 cm³/mol. The average Bonchev–Trinajstić information content (AvgIpc) is 3.40. The highest BCUT2D eigenvalue weighted by Gasteiger charge is 2.18. The minimum atomic E-state index is -0.0993. The van der Waals surface area contributed by atoms with Crippen LogP contribution in [-0.4, -0.2) is 26.7 Å². The smallest absolute Gasteiger partial charge is 0.260 e. The minimum absolute atomic E-state index is 0.0467. The first-order valence-corrected chi connectivity index (χ1v) is 11.5. The van der Waals surface area contributed by atoms with E-state index < -0.39 is 0 Å². The molecule has 1 atom stereocenters. The van der Waals surface area contributed by atoms with Gasteiger partial charge in [0.2, 0.25) is 5.13 Å². The van der Waals surface area contributed by atoms with Crippen molar-refractivity contribution in [3.8, 4) is 10.4 Å². The lowest BCUT2D eigenvalue weighted by Gasteiger charge is -2.08. The van der Waals surface area contributed by atoms with E-state index in [9.17, 15) is 4.79 Å². The number of aromatic nitrogens is 4. The molecule has 0 radical (unpaired) electrons. The monoisotopic (exact) mass is 433 g/mol. The van der Waals surface area contributed by atoms with Gasteiger partial charge in [0.25, 0.3) is 5.56 Å². The molecular formula is C17H15N5OS4. The van der Waals surface area contributed by atoms with Gasteiger partial charge in [0, 0.05) is 22.4 Å². The predicted octanol–water partition coefficient (Wildman–Crippen LogP) is 5.02. The lowest BCUT2D eigenvalue weighted by Crippen LogP contribution is -2.12. The number of aromatic amines is 1. The highest BCUT2D eigenvalue weighted by atomic mass is 32.2. The van der Waals surface area contributed by atoms with Crippen molar-refractivity contribution in [2.24, 2.45) is 0 Å². The summed E-state index contributed by atoms with van der Waals surface area (Å²) in [5, 5.41) is 16.8. The van der Waals surface area contributed by atoms with E-state index in [0.717, 1.165) is 24.7 Å². The number of fused-ring (bicyclic) bond motifs is 1. The summed E-state index contributed by atoms with van der Waals surface area (Å²) in [6, 6.07) is 4.00. The molecule has 0 saturated carbocycles. The van der Waals surface area contributed by atoms with E-state index in [1.165, 1.54) is 34.4 Å². The molecule has 0 aromatic carbocycles. The first kappa shape index (κ1) is 18.4. The molecule has 2 N–H and O–H groups in total. The third kappa shape index (κ3) is 3.84. The number of thiophene rings is 2. The van der Waals surface area contributed by atoms with Gasteiger partial charge in [-0.15, -0.1) is 39.4 Å². The normalized spacial score (nSPS) is 12.3. The van der Waals surface area contributed by atoms with Gasteiger partial charge >= 0.3 is 0 Å². The third-order valence-electron chi connectivity index (χ3n) is 3.72. The molecule has 0 fully saturated rings. The molecule has 6 nitrogen and oxygen atoms in total.